The molecular formula is C14H12N4O3. The van der Waals surface area contributed by atoms with Gasteiger partial charge in [0, 0.05) is 13.1 Å². The highest BCUT2D eigenvalue weighted by molar-refractivity contribution is 5.77. The van der Waals surface area contributed by atoms with E-state index in [0.29, 0.717) is 5.69 Å². The number of aromatic amines is 1. The second-order valence-electron chi connectivity index (χ2n) is 4.63. The Kier molecular flexibility index (Phi) is 2.76. The lowest BCUT2D eigenvalue weighted by Crippen LogP contribution is -2.39. The van der Waals surface area contributed by atoms with E-state index in [1.165, 1.54) is 11.6 Å². The molecule has 3 N–H and O–H groups in total. The Morgan fingerprint density at radius 3 is 2.43 bits per heavy atom. The van der Waals surface area contributed by atoms with Crippen molar-refractivity contribution in [2.24, 2.45) is 7.05 Å². The van der Waals surface area contributed by atoms with E-state index < -0.39 is 16.7 Å². The third-order valence-corrected chi connectivity index (χ3v) is 3.27. The Morgan fingerprint density at radius 1 is 1.10 bits per heavy atom. The molecule has 0 saturated carbocycles. The van der Waals surface area contributed by atoms with Gasteiger partial charge in [0.1, 0.15) is 16.9 Å². The summed E-state index contributed by atoms with van der Waals surface area (Å²) in [6.07, 6.45) is 0. The molecule has 21 heavy (non-hydrogen) atoms. The first-order chi connectivity index (χ1) is 10.0. The van der Waals surface area contributed by atoms with Crippen LogP contribution < -0.4 is 22.4 Å². The highest BCUT2D eigenvalue weighted by Gasteiger charge is 2.15. The molecule has 0 spiro atoms. The largest absolute Gasteiger partial charge is 0.385 e. The lowest BCUT2D eigenvalue weighted by atomic mass is 10.2. The SMILES string of the molecule is Cn1c(=O)c2c(=O)cc(N)[nH]c2n(-c2ccccc2)c1=O. The Hall–Kier alpha value is -3.09. The quantitative estimate of drug-likeness (QED) is 0.654. The first-order valence-corrected chi connectivity index (χ1v) is 6.20. The molecule has 7 heteroatoms. The number of para-hydroxylation sites is 1. The first-order valence-electron chi connectivity index (χ1n) is 6.20. The summed E-state index contributed by atoms with van der Waals surface area (Å²) in [5.41, 5.74) is 4.53. The molecule has 0 radical (unpaired) electrons. The number of anilines is 1. The maximum absolute atomic E-state index is 12.4. The predicted molar refractivity (Wildman–Crippen MR) is 79.8 cm³/mol. The van der Waals surface area contributed by atoms with Gasteiger partial charge < -0.3 is 10.7 Å². The normalized spacial score (nSPS) is 10.9. The zero-order valence-electron chi connectivity index (χ0n) is 11.2. The number of nitrogens with two attached hydrogens (primary N) is 1. The summed E-state index contributed by atoms with van der Waals surface area (Å²) in [6.45, 7) is 0. The van der Waals surface area contributed by atoms with Gasteiger partial charge in [-0.1, -0.05) is 18.2 Å². The molecule has 0 fully saturated rings. The number of nitrogen functional groups attached to an aromatic ring is 1. The number of fused-ring (bicyclic) bond motifs is 1. The van der Waals surface area contributed by atoms with Gasteiger partial charge >= 0.3 is 5.69 Å². The van der Waals surface area contributed by atoms with Crippen molar-refractivity contribution >= 4 is 16.9 Å². The lowest BCUT2D eigenvalue weighted by Gasteiger charge is -2.11. The molecule has 2 heterocycles. The summed E-state index contributed by atoms with van der Waals surface area (Å²) in [7, 11) is 1.33. The number of benzene rings is 1. The number of nitrogens with one attached hydrogen (secondary N) is 1. The van der Waals surface area contributed by atoms with Crippen LogP contribution in [-0.2, 0) is 7.05 Å². The zero-order chi connectivity index (χ0) is 15.1. The fourth-order valence-corrected chi connectivity index (χ4v) is 2.26. The van der Waals surface area contributed by atoms with Crippen molar-refractivity contribution in [1.82, 2.24) is 14.1 Å². The number of hydrogen-bond acceptors (Lipinski definition) is 4. The van der Waals surface area contributed by atoms with Crippen molar-refractivity contribution < 1.29 is 0 Å². The van der Waals surface area contributed by atoms with E-state index in [1.54, 1.807) is 30.3 Å². The van der Waals surface area contributed by atoms with Crippen molar-refractivity contribution in [3.05, 3.63) is 67.5 Å². The number of aromatic nitrogens is 3. The predicted octanol–water partition coefficient (Wildman–Crippen LogP) is -0.0401. The molecule has 2 aromatic heterocycles. The monoisotopic (exact) mass is 284 g/mol. The van der Waals surface area contributed by atoms with Crippen LogP contribution >= 0.6 is 0 Å². The minimum atomic E-state index is -0.650. The molecule has 0 aliphatic carbocycles. The topological polar surface area (TPSA) is 103 Å². The molecule has 7 nitrogen and oxygen atoms in total. The summed E-state index contributed by atoms with van der Waals surface area (Å²) in [6, 6.07) is 9.84. The average molecular weight is 284 g/mol. The van der Waals surface area contributed by atoms with E-state index in [0.717, 1.165) is 10.6 Å². The Bertz CT molecular complexity index is 1010. The molecular weight excluding hydrogens is 272 g/mol. The van der Waals surface area contributed by atoms with Gasteiger partial charge in [-0.2, -0.15) is 0 Å². The van der Waals surface area contributed by atoms with Gasteiger partial charge in [0.05, 0.1) is 5.69 Å². The maximum atomic E-state index is 12.4. The molecule has 0 aliphatic heterocycles. The minimum absolute atomic E-state index is 0.0878. The second-order valence-corrected chi connectivity index (χ2v) is 4.63. The third kappa shape index (κ3) is 1.86. The van der Waals surface area contributed by atoms with E-state index >= 15 is 0 Å². The van der Waals surface area contributed by atoms with Crippen molar-refractivity contribution in [3.8, 4) is 5.69 Å². The van der Waals surface area contributed by atoms with Crippen LogP contribution in [0.25, 0.3) is 16.7 Å². The van der Waals surface area contributed by atoms with Crippen LogP contribution in [0.2, 0.25) is 0 Å². The first kappa shape index (κ1) is 12.9. The number of nitrogens with zero attached hydrogens (tertiary/aromatic N) is 2. The van der Waals surface area contributed by atoms with Crippen LogP contribution in [-0.4, -0.2) is 14.1 Å². The molecule has 3 rings (SSSR count). The van der Waals surface area contributed by atoms with Gasteiger partial charge in [0.2, 0.25) is 0 Å². The number of H-pyrrole nitrogens is 1. The van der Waals surface area contributed by atoms with Crippen molar-refractivity contribution in [1.29, 1.82) is 0 Å². The molecule has 0 amide bonds. The highest BCUT2D eigenvalue weighted by atomic mass is 16.2. The molecule has 0 bridgehead atoms. The Labute approximate surface area is 117 Å². The van der Waals surface area contributed by atoms with Crippen molar-refractivity contribution in [2.45, 2.75) is 0 Å². The van der Waals surface area contributed by atoms with Crippen LogP contribution in [0.3, 0.4) is 0 Å². The summed E-state index contributed by atoms with van der Waals surface area (Å²) in [5, 5.41) is -0.102. The van der Waals surface area contributed by atoms with Gasteiger partial charge in [-0.05, 0) is 12.1 Å². The maximum Gasteiger partial charge on any atom is 0.336 e. The van der Waals surface area contributed by atoms with Crippen LogP contribution in [0.4, 0.5) is 5.82 Å². The fourth-order valence-electron chi connectivity index (χ4n) is 2.26. The van der Waals surface area contributed by atoms with Crippen LogP contribution in [0.1, 0.15) is 0 Å². The van der Waals surface area contributed by atoms with Gasteiger partial charge in [-0.3, -0.25) is 14.2 Å². The molecule has 106 valence electrons. The number of rotatable bonds is 1. The Morgan fingerprint density at radius 2 is 1.76 bits per heavy atom. The number of hydrogen-bond donors (Lipinski definition) is 2. The Balaban J connectivity index is 2.65. The van der Waals surface area contributed by atoms with E-state index in [2.05, 4.69) is 4.98 Å². The minimum Gasteiger partial charge on any atom is -0.385 e. The van der Waals surface area contributed by atoms with Crippen molar-refractivity contribution in [3.63, 3.8) is 0 Å². The fraction of sp³-hybridized carbons (Fsp3) is 0.0714. The van der Waals surface area contributed by atoms with E-state index in [4.69, 9.17) is 5.73 Å². The second kappa shape index (κ2) is 4.48. The molecule has 0 saturated heterocycles. The van der Waals surface area contributed by atoms with E-state index in [-0.39, 0.29) is 16.9 Å². The average Bonchev–Trinajstić information content (AvgIpc) is 2.45. The highest BCUT2D eigenvalue weighted by Crippen LogP contribution is 2.10. The van der Waals surface area contributed by atoms with Gasteiger partial charge in [-0.15, -0.1) is 0 Å². The van der Waals surface area contributed by atoms with Crippen LogP contribution in [0, 0.1) is 0 Å². The summed E-state index contributed by atoms with van der Waals surface area (Å²) in [4.78, 5) is 39.3. The summed E-state index contributed by atoms with van der Waals surface area (Å²) < 4.78 is 2.16. The van der Waals surface area contributed by atoms with Crippen molar-refractivity contribution in [2.75, 3.05) is 5.73 Å². The van der Waals surface area contributed by atoms with E-state index in [1.807, 2.05) is 0 Å². The van der Waals surface area contributed by atoms with E-state index in [9.17, 15) is 14.4 Å². The van der Waals surface area contributed by atoms with Crippen LogP contribution in [0.5, 0.6) is 0 Å². The van der Waals surface area contributed by atoms with Crippen LogP contribution in [0.15, 0.2) is 50.8 Å². The molecule has 1 aromatic carbocycles. The molecule has 3 aromatic rings. The molecule has 0 unspecified atom stereocenters. The number of pyridine rings is 1. The van der Waals surface area contributed by atoms with Gasteiger partial charge in [0.25, 0.3) is 5.56 Å². The zero-order valence-corrected chi connectivity index (χ0v) is 11.2. The summed E-state index contributed by atoms with van der Waals surface area (Å²) in [5.74, 6) is 0.0878. The smallest absolute Gasteiger partial charge is 0.336 e. The van der Waals surface area contributed by atoms with Gasteiger partial charge in [-0.25, -0.2) is 9.36 Å². The molecule has 0 aliphatic rings. The standard InChI is InChI=1S/C14H12N4O3/c1-17-13(20)11-9(19)7-10(15)16-12(11)18(14(17)21)8-5-3-2-4-6-8/h2-7H,1H3,(H3,15,16,19). The summed E-state index contributed by atoms with van der Waals surface area (Å²) >= 11 is 0. The third-order valence-electron chi connectivity index (χ3n) is 3.27. The molecule has 0 atom stereocenters. The van der Waals surface area contributed by atoms with Gasteiger partial charge in [0.15, 0.2) is 5.43 Å². The lowest BCUT2D eigenvalue weighted by molar-refractivity contribution is 0.747.